The van der Waals surface area contributed by atoms with Crippen LogP contribution in [0.1, 0.15) is 44.4 Å². The van der Waals surface area contributed by atoms with Crippen LogP contribution in [0.4, 0.5) is 5.69 Å². The smallest absolute Gasteiger partial charge is 0.286 e. The predicted octanol–water partition coefficient (Wildman–Crippen LogP) is 2.86. The van der Waals surface area contributed by atoms with Crippen LogP contribution in [0.3, 0.4) is 0 Å². The zero-order chi connectivity index (χ0) is 25.9. The number of benzene rings is 2. The standard InChI is InChI=1S/C21H27NO9S3/c1-15(23)14-21(2,3)32(24,25)18-11-9-17(10-12-18)22-20(34(29,30)31)13-19(33(26,27)28)16-7-5-4-6-8-16/h4-12,19-20,22H,13-14H2,1-3H3,(H,26,27,28)(H,29,30,31). The molecule has 0 amide bonds. The minimum absolute atomic E-state index is 0.0769. The van der Waals surface area contributed by atoms with Crippen molar-refractivity contribution in [1.29, 1.82) is 0 Å². The second-order valence-corrected chi connectivity index (χ2v) is 14.2. The van der Waals surface area contributed by atoms with E-state index in [9.17, 15) is 39.2 Å². The molecule has 0 aliphatic rings. The third-order valence-corrected chi connectivity index (χ3v) is 9.92. The van der Waals surface area contributed by atoms with Gasteiger partial charge in [-0.3, -0.25) is 13.9 Å². The Kier molecular flexibility index (Phi) is 8.31. The molecule has 2 aromatic carbocycles. The van der Waals surface area contributed by atoms with E-state index in [-0.39, 0.29) is 28.4 Å². The first-order valence-corrected chi connectivity index (χ1v) is 14.5. The van der Waals surface area contributed by atoms with Crippen molar-refractivity contribution < 1.29 is 39.2 Å². The molecule has 2 atom stereocenters. The van der Waals surface area contributed by atoms with Crippen LogP contribution in [0, 0.1) is 0 Å². The molecule has 0 saturated heterocycles. The molecule has 0 fully saturated rings. The molecule has 0 aliphatic carbocycles. The second-order valence-electron chi connectivity index (χ2n) is 8.46. The number of carbonyl (C=O) groups is 1. The van der Waals surface area contributed by atoms with Gasteiger partial charge in [0, 0.05) is 18.5 Å². The third kappa shape index (κ3) is 6.85. The highest BCUT2D eigenvalue weighted by Crippen LogP contribution is 2.31. The number of sulfone groups is 1. The summed E-state index contributed by atoms with van der Waals surface area (Å²) in [6.45, 7) is 4.13. The third-order valence-electron chi connectivity index (χ3n) is 5.21. The molecule has 2 unspecified atom stereocenters. The fraction of sp³-hybridized carbons (Fsp3) is 0.381. The van der Waals surface area contributed by atoms with Gasteiger partial charge in [0.25, 0.3) is 20.2 Å². The van der Waals surface area contributed by atoms with Crippen LogP contribution in [-0.4, -0.2) is 50.3 Å². The van der Waals surface area contributed by atoms with Gasteiger partial charge in [0.15, 0.2) is 15.2 Å². The van der Waals surface area contributed by atoms with Gasteiger partial charge >= 0.3 is 0 Å². The molecular formula is C21H27NO9S3. The molecule has 0 saturated carbocycles. The van der Waals surface area contributed by atoms with Crippen molar-refractivity contribution in [3.8, 4) is 0 Å². The van der Waals surface area contributed by atoms with Crippen LogP contribution in [0.15, 0.2) is 59.5 Å². The normalized spacial score (nSPS) is 14.9. The van der Waals surface area contributed by atoms with Gasteiger partial charge in [0.1, 0.15) is 11.0 Å². The zero-order valence-electron chi connectivity index (χ0n) is 18.7. The highest BCUT2D eigenvalue weighted by molar-refractivity contribution is 7.92. The van der Waals surface area contributed by atoms with Crippen LogP contribution < -0.4 is 5.32 Å². The van der Waals surface area contributed by atoms with Crippen molar-refractivity contribution in [1.82, 2.24) is 0 Å². The maximum atomic E-state index is 12.9. The highest BCUT2D eigenvalue weighted by Gasteiger charge is 2.37. The summed E-state index contributed by atoms with van der Waals surface area (Å²) in [4.78, 5) is 11.3. The molecule has 13 heteroatoms. The lowest BCUT2D eigenvalue weighted by Gasteiger charge is -2.24. The molecule has 0 bridgehead atoms. The van der Waals surface area contributed by atoms with Crippen molar-refractivity contribution in [2.45, 2.75) is 53.9 Å². The summed E-state index contributed by atoms with van der Waals surface area (Å²) in [5, 5.41) is -1.01. The largest absolute Gasteiger partial charge is 0.367 e. The SMILES string of the molecule is CC(=O)CC(C)(C)S(=O)(=O)c1ccc(NC(CC(c2ccccc2)S(=O)(=O)O)S(=O)(=O)O)cc1. The Morgan fingerprint density at radius 2 is 1.41 bits per heavy atom. The van der Waals surface area contributed by atoms with Gasteiger partial charge in [-0.25, -0.2) is 8.42 Å². The summed E-state index contributed by atoms with van der Waals surface area (Å²) in [6.07, 6.45) is -0.927. The minimum atomic E-state index is -4.84. The van der Waals surface area contributed by atoms with E-state index < -0.39 is 51.9 Å². The van der Waals surface area contributed by atoms with Gasteiger partial charge in [-0.15, -0.1) is 0 Å². The number of nitrogens with one attached hydrogen (secondary N) is 1. The number of ketones is 1. The summed E-state index contributed by atoms with van der Waals surface area (Å²) in [7, 11) is -13.5. The summed E-state index contributed by atoms with van der Waals surface area (Å²) < 4.78 is 91.6. The quantitative estimate of drug-likeness (QED) is 0.365. The van der Waals surface area contributed by atoms with Gasteiger partial charge in [-0.2, -0.15) is 16.8 Å². The van der Waals surface area contributed by atoms with E-state index >= 15 is 0 Å². The van der Waals surface area contributed by atoms with E-state index in [0.717, 1.165) is 0 Å². The number of Topliss-reactive ketones (excluding diaryl/α,β-unsaturated/α-hetero) is 1. The molecule has 2 rings (SSSR count). The fourth-order valence-corrected chi connectivity index (χ4v) is 6.78. The van der Waals surface area contributed by atoms with Crippen molar-refractivity contribution in [2.75, 3.05) is 5.32 Å². The molecule has 0 aliphatic heterocycles. The Balaban J connectivity index is 2.36. The number of hydrogen-bond acceptors (Lipinski definition) is 8. The summed E-state index contributed by atoms with van der Waals surface area (Å²) in [5.74, 6) is -0.297. The first kappa shape index (κ1) is 27.9. The number of hydrogen-bond donors (Lipinski definition) is 3. The van der Waals surface area contributed by atoms with E-state index in [1.807, 2.05) is 0 Å². The van der Waals surface area contributed by atoms with Crippen molar-refractivity contribution in [3.05, 3.63) is 60.2 Å². The number of rotatable bonds is 11. The number of carbonyl (C=O) groups excluding carboxylic acids is 1. The van der Waals surface area contributed by atoms with E-state index in [2.05, 4.69) is 5.32 Å². The summed E-state index contributed by atoms with van der Waals surface area (Å²) >= 11 is 0. The highest BCUT2D eigenvalue weighted by atomic mass is 32.2. The average Bonchev–Trinajstić information content (AvgIpc) is 2.69. The Hall–Kier alpha value is -2.32. The summed E-state index contributed by atoms with van der Waals surface area (Å²) in [5.41, 5.74) is 0.197. The molecule has 188 valence electrons. The van der Waals surface area contributed by atoms with Gasteiger partial charge in [0.2, 0.25) is 0 Å². The maximum absolute atomic E-state index is 12.9. The lowest BCUT2D eigenvalue weighted by atomic mass is 10.1. The monoisotopic (exact) mass is 533 g/mol. The van der Waals surface area contributed by atoms with Gasteiger partial charge in [-0.05, 0) is 50.6 Å². The van der Waals surface area contributed by atoms with E-state index in [1.54, 1.807) is 6.07 Å². The Morgan fingerprint density at radius 3 is 1.85 bits per heavy atom. The van der Waals surface area contributed by atoms with Crippen LogP contribution in [0.2, 0.25) is 0 Å². The molecule has 0 aromatic heterocycles. The van der Waals surface area contributed by atoms with E-state index in [0.29, 0.717) is 0 Å². The topological polar surface area (TPSA) is 172 Å². The van der Waals surface area contributed by atoms with Gasteiger partial charge < -0.3 is 5.32 Å². The second kappa shape index (κ2) is 10.1. The lowest BCUT2D eigenvalue weighted by molar-refractivity contribution is -0.117. The average molecular weight is 534 g/mol. The van der Waals surface area contributed by atoms with Gasteiger partial charge in [0.05, 0.1) is 9.64 Å². The molecule has 3 N–H and O–H groups in total. The first-order valence-electron chi connectivity index (χ1n) is 10.0. The minimum Gasteiger partial charge on any atom is -0.367 e. The van der Waals surface area contributed by atoms with Gasteiger partial charge in [-0.1, -0.05) is 30.3 Å². The van der Waals surface area contributed by atoms with Crippen LogP contribution in [0.25, 0.3) is 0 Å². The van der Waals surface area contributed by atoms with Crippen molar-refractivity contribution in [3.63, 3.8) is 0 Å². The van der Waals surface area contributed by atoms with Crippen LogP contribution in [-0.2, 0) is 34.9 Å². The molecule has 0 spiro atoms. The van der Waals surface area contributed by atoms with Crippen molar-refractivity contribution in [2.24, 2.45) is 0 Å². The molecule has 34 heavy (non-hydrogen) atoms. The number of anilines is 1. The first-order chi connectivity index (χ1) is 15.4. The molecule has 2 aromatic rings. The molecule has 10 nitrogen and oxygen atoms in total. The molecular weight excluding hydrogens is 506 g/mol. The molecule has 0 heterocycles. The van der Waals surface area contributed by atoms with Crippen LogP contribution in [0.5, 0.6) is 0 Å². The van der Waals surface area contributed by atoms with Crippen LogP contribution >= 0.6 is 0 Å². The lowest BCUT2D eigenvalue weighted by Crippen LogP contribution is -2.34. The summed E-state index contributed by atoms with van der Waals surface area (Å²) in [6, 6.07) is 12.3. The van der Waals surface area contributed by atoms with Crippen molar-refractivity contribution >= 4 is 41.5 Å². The Bertz CT molecular complexity index is 1330. The molecule has 0 radical (unpaired) electrons. The Labute approximate surface area is 199 Å². The Morgan fingerprint density at radius 1 is 0.882 bits per heavy atom. The van der Waals surface area contributed by atoms with E-state index in [4.69, 9.17) is 0 Å². The predicted molar refractivity (Wildman–Crippen MR) is 127 cm³/mol. The fourth-order valence-electron chi connectivity index (χ4n) is 3.48. The maximum Gasteiger partial charge on any atom is 0.286 e. The van der Waals surface area contributed by atoms with E-state index in [1.165, 1.54) is 69.3 Å². The zero-order valence-corrected chi connectivity index (χ0v) is 21.2.